The minimum Gasteiger partial charge on any atom is -0.352 e. The van der Waals surface area contributed by atoms with E-state index in [0.717, 1.165) is 43.2 Å². The summed E-state index contributed by atoms with van der Waals surface area (Å²) in [6.07, 6.45) is 6.26. The first-order chi connectivity index (χ1) is 15.4. The summed E-state index contributed by atoms with van der Waals surface area (Å²) in [5.41, 5.74) is 3.24. The third kappa shape index (κ3) is 6.73. The normalized spacial score (nSPS) is 14.9. The highest BCUT2D eigenvalue weighted by Gasteiger charge is 2.28. The monoisotopic (exact) mass is 474 g/mol. The topological polar surface area (TPSA) is 49.4 Å². The molecule has 1 aliphatic carbocycles. The smallest absolute Gasteiger partial charge is 0.242 e. The minimum absolute atomic E-state index is 0.0512. The molecule has 1 N–H and O–H groups in total. The Morgan fingerprint density at radius 2 is 1.62 bits per heavy atom. The van der Waals surface area contributed by atoms with Gasteiger partial charge in [0.15, 0.2) is 0 Å². The van der Waals surface area contributed by atoms with Crippen LogP contribution in [0.1, 0.15) is 62.6 Å². The van der Waals surface area contributed by atoms with Gasteiger partial charge in [0.2, 0.25) is 11.8 Å². The van der Waals surface area contributed by atoms with Crippen LogP contribution in [0.2, 0.25) is 10.0 Å². The predicted molar refractivity (Wildman–Crippen MR) is 131 cm³/mol. The lowest BCUT2D eigenvalue weighted by molar-refractivity contribution is -0.140. The van der Waals surface area contributed by atoms with Crippen molar-refractivity contribution in [2.45, 2.75) is 77.4 Å². The third-order valence-electron chi connectivity index (χ3n) is 6.26. The fourth-order valence-corrected chi connectivity index (χ4v) is 4.47. The number of rotatable bonds is 9. The number of hydrogen-bond donors (Lipinski definition) is 1. The average Bonchev–Trinajstić information content (AvgIpc) is 3.31. The lowest BCUT2D eigenvalue weighted by Crippen LogP contribution is -2.49. The van der Waals surface area contributed by atoms with E-state index in [1.807, 2.05) is 6.07 Å². The summed E-state index contributed by atoms with van der Waals surface area (Å²) in [4.78, 5) is 27.9. The van der Waals surface area contributed by atoms with E-state index in [2.05, 4.69) is 36.5 Å². The second-order valence-corrected chi connectivity index (χ2v) is 9.42. The van der Waals surface area contributed by atoms with Crippen molar-refractivity contribution in [3.05, 3.63) is 69.2 Å². The first-order valence-corrected chi connectivity index (χ1v) is 12.2. The molecule has 0 saturated heterocycles. The Morgan fingerprint density at radius 3 is 2.25 bits per heavy atom. The summed E-state index contributed by atoms with van der Waals surface area (Å²) in [7, 11) is 0. The van der Waals surface area contributed by atoms with Crippen molar-refractivity contribution in [1.29, 1.82) is 0 Å². The number of aryl methyl sites for hydroxylation is 2. The summed E-state index contributed by atoms with van der Waals surface area (Å²) in [5.74, 6) is -0.151. The molecule has 0 heterocycles. The van der Waals surface area contributed by atoms with E-state index in [0.29, 0.717) is 29.4 Å². The molecule has 1 aliphatic rings. The summed E-state index contributed by atoms with van der Waals surface area (Å²) in [6, 6.07) is 13.3. The summed E-state index contributed by atoms with van der Waals surface area (Å²) < 4.78 is 0. The number of carbonyl (C=O) groups excluding carboxylic acids is 2. The first-order valence-electron chi connectivity index (χ1n) is 11.5. The highest BCUT2D eigenvalue weighted by molar-refractivity contribution is 6.42. The first kappa shape index (κ1) is 24.6. The van der Waals surface area contributed by atoms with Crippen LogP contribution in [0.25, 0.3) is 0 Å². The fourth-order valence-electron chi connectivity index (χ4n) is 4.15. The Hall–Kier alpha value is -2.04. The molecule has 172 valence electrons. The van der Waals surface area contributed by atoms with Crippen molar-refractivity contribution in [2.75, 3.05) is 0 Å². The average molecular weight is 475 g/mol. The number of amides is 2. The van der Waals surface area contributed by atoms with Gasteiger partial charge in [-0.25, -0.2) is 0 Å². The molecule has 6 heteroatoms. The Kier molecular flexibility index (Phi) is 9.01. The fraction of sp³-hybridized carbons (Fsp3) is 0.462. The van der Waals surface area contributed by atoms with Gasteiger partial charge in [-0.05, 0) is 61.4 Å². The molecule has 0 aromatic heterocycles. The van der Waals surface area contributed by atoms with Gasteiger partial charge in [0.25, 0.3) is 0 Å². The molecule has 2 aromatic rings. The van der Waals surface area contributed by atoms with Crippen molar-refractivity contribution < 1.29 is 9.59 Å². The molecule has 1 fully saturated rings. The summed E-state index contributed by atoms with van der Waals surface area (Å²) in [6.45, 7) is 4.23. The van der Waals surface area contributed by atoms with Crippen LogP contribution in [0.15, 0.2) is 42.5 Å². The van der Waals surface area contributed by atoms with E-state index >= 15 is 0 Å². The molecule has 1 atom stereocenters. The predicted octanol–water partition coefficient (Wildman–Crippen LogP) is 5.96. The molecular formula is C26H32Cl2N2O2. The van der Waals surface area contributed by atoms with Crippen molar-refractivity contribution in [3.63, 3.8) is 0 Å². The van der Waals surface area contributed by atoms with E-state index in [1.54, 1.807) is 24.0 Å². The second kappa shape index (κ2) is 11.7. The van der Waals surface area contributed by atoms with Crippen LogP contribution < -0.4 is 5.32 Å². The highest BCUT2D eigenvalue weighted by Crippen LogP contribution is 2.24. The van der Waals surface area contributed by atoms with Crippen LogP contribution in [0.3, 0.4) is 0 Å². The maximum absolute atomic E-state index is 13.3. The van der Waals surface area contributed by atoms with E-state index in [4.69, 9.17) is 23.2 Å². The van der Waals surface area contributed by atoms with Gasteiger partial charge in [0.05, 0.1) is 10.0 Å². The van der Waals surface area contributed by atoms with Gasteiger partial charge in [-0.1, -0.05) is 73.3 Å². The summed E-state index contributed by atoms with van der Waals surface area (Å²) in [5, 5.41) is 4.04. The number of nitrogens with one attached hydrogen (secondary N) is 1. The van der Waals surface area contributed by atoms with Gasteiger partial charge < -0.3 is 10.2 Å². The Labute approximate surface area is 201 Å². The molecule has 0 spiro atoms. The van der Waals surface area contributed by atoms with Crippen LogP contribution in [0.5, 0.6) is 0 Å². The van der Waals surface area contributed by atoms with Gasteiger partial charge in [0.1, 0.15) is 6.04 Å². The molecule has 0 radical (unpaired) electrons. The van der Waals surface area contributed by atoms with E-state index in [1.165, 1.54) is 5.56 Å². The van der Waals surface area contributed by atoms with Crippen LogP contribution in [0, 0.1) is 0 Å². The van der Waals surface area contributed by atoms with Gasteiger partial charge in [-0.2, -0.15) is 0 Å². The minimum atomic E-state index is -0.569. The van der Waals surface area contributed by atoms with E-state index in [-0.39, 0.29) is 17.9 Å². The van der Waals surface area contributed by atoms with Crippen LogP contribution in [-0.2, 0) is 29.0 Å². The van der Waals surface area contributed by atoms with Crippen molar-refractivity contribution in [2.24, 2.45) is 0 Å². The van der Waals surface area contributed by atoms with E-state index in [9.17, 15) is 9.59 Å². The maximum atomic E-state index is 13.3. The van der Waals surface area contributed by atoms with Crippen molar-refractivity contribution >= 4 is 35.0 Å². The van der Waals surface area contributed by atoms with Crippen molar-refractivity contribution in [1.82, 2.24) is 10.2 Å². The molecule has 2 amide bonds. The third-order valence-corrected chi connectivity index (χ3v) is 7.00. The Bertz CT molecular complexity index is 924. The zero-order chi connectivity index (χ0) is 23.1. The van der Waals surface area contributed by atoms with E-state index < -0.39 is 6.04 Å². The van der Waals surface area contributed by atoms with Crippen molar-refractivity contribution in [3.8, 4) is 0 Å². The van der Waals surface area contributed by atoms with Gasteiger partial charge in [-0.3, -0.25) is 9.59 Å². The zero-order valence-electron chi connectivity index (χ0n) is 18.9. The van der Waals surface area contributed by atoms with Gasteiger partial charge in [0, 0.05) is 19.0 Å². The zero-order valence-corrected chi connectivity index (χ0v) is 20.4. The Morgan fingerprint density at radius 1 is 1.00 bits per heavy atom. The number of nitrogens with zero attached hydrogens (tertiary/aromatic N) is 1. The van der Waals surface area contributed by atoms with Gasteiger partial charge >= 0.3 is 0 Å². The lowest BCUT2D eigenvalue weighted by atomic mass is 10.0. The van der Waals surface area contributed by atoms with Gasteiger partial charge in [-0.15, -0.1) is 0 Å². The molecule has 1 saturated carbocycles. The van der Waals surface area contributed by atoms with Crippen LogP contribution >= 0.6 is 23.2 Å². The molecule has 0 unspecified atom stereocenters. The molecule has 32 heavy (non-hydrogen) atoms. The molecule has 0 aliphatic heterocycles. The molecule has 0 bridgehead atoms. The lowest BCUT2D eigenvalue weighted by Gasteiger charge is -2.30. The summed E-state index contributed by atoms with van der Waals surface area (Å²) >= 11 is 12.2. The maximum Gasteiger partial charge on any atom is 0.242 e. The number of benzene rings is 2. The van der Waals surface area contributed by atoms with Crippen LogP contribution in [0.4, 0.5) is 0 Å². The Balaban J connectivity index is 1.71. The quantitative estimate of drug-likeness (QED) is 0.486. The van der Waals surface area contributed by atoms with Crippen LogP contribution in [-0.4, -0.2) is 28.8 Å². The second-order valence-electron chi connectivity index (χ2n) is 8.61. The molecule has 3 rings (SSSR count). The molecular weight excluding hydrogens is 443 g/mol. The number of carbonyl (C=O) groups is 2. The molecule has 2 aromatic carbocycles. The SMILES string of the molecule is CCc1ccc(CCC(=O)N(Cc2ccc(Cl)c(Cl)c2)[C@@H](C)C(=O)NC2CCCC2)cc1. The highest BCUT2D eigenvalue weighted by atomic mass is 35.5. The standard InChI is InChI=1S/C26H32Cl2N2O2/c1-3-19-8-10-20(11-9-19)13-15-25(31)30(17-21-12-14-23(27)24(28)16-21)18(2)26(32)29-22-6-4-5-7-22/h8-12,14,16,18,22H,3-7,13,15,17H2,1-2H3,(H,29,32)/t18-/m0/s1. The number of hydrogen-bond acceptors (Lipinski definition) is 2. The largest absolute Gasteiger partial charge is 0.352 e. The number of halogens is 2. The molecule has 4 nitrogen and oxygen atoms in total.